The molecule has 0 saturated heterocycles. The lowest BCUT2D eigenvalue weighted by Gasteiger charge is -2.05. The number of aliphatic carboxylic acids is 1. The van der Waals surface area contributed by atoms with E-state index in [1.54, 1.807) is 6.07 Å². The molecule has 1 aromatic carbocycles. The Morgan fingerprint density at radius 1 is 1.26 bits per heavy atom. The molecular weight excluding hydrogens is 326 g/mol. The van der Waals surface area contributed by atoms with Crippen LogP contribution in [0.2, 0.25) is 0 Å². The van der Waals surface area contributed by atoms with Crippen LogP contribution in [0.4, 0.5) is 5.69 Å². The lowest BCUT2D eigenvalue weighted by Crippen LogP contribution is -2.18. The molecule has 9 nitrogen and oxygen atoms in total. The van der Waals surface area contributed by atoms with Gasteiger partial charge in [-0.3, -0.25) is 14.1 Å². The molecule has 0 heterocycles. The summed E-state index contributed by atoms with van der Waals surface area (Å²) in [7, 11) is -4.33. The molecule has 0 fully saturated rings. The molecule has 0 aliphatic carbocycles. The van der Waals surface area contributed by atoms with Crippen molar-refractivity contribution in [2.24, 2.45) is 0 Å². The first-order valence-electron chi connectivity index (χ1n) is 6.18. The van der Waals surface area contributed by atoms with Crippen LogP contribution in [0.1, 0.15) is 6.42 Å². The molecule has 4 N–H and O–H groups in total. The molecule has 10 heteroatoms. The van der Waals surface area contributed by atoms with Gasteiger partial charge in [0.1, 0.15) is 11.6 Å². The van der Waals surface area contributed by atoms with Crippen LogP contribution in [0.3, 0.4) is 0 Å². The third-order valence-electron chi connectivity index (χ3n) is 2.50. The van der Waals surface area contributed by atoms with E-state index >= 15 is 0 Å². The Morgan fingerprint density at radius 2 is 1.87 bits per heavy atom. The molecule has 0 aliphatic rings. The molecule has 23 heavy (non-hydrogen) atoms. The summed E-state index contributed by atoms with van der Waals surface area (Å²) in [5.41, 5.74) is -0.0664. The Balaban J connectivity index is 2.71. The molecule has 1 aromatic rings. The highest BCUT2D eigenvalue weighted by atomic mass is 32.2. The number of amides is 1. The van der Waals surface area contributed by atoms with Gasteiger partial charge in [-0.2, -0.15) is 13.7 Å². The van der Waals surface area contributed by atoms with Crippen molar-refractivity contribution in [1.29, 1.82) is 5.26 Å². The first-order chi connectivity index (χ1) is 10.7. The lowest BCUT2D eigenvalue weighted by atomic mass is 10.2. The Bertz CT molecular complexity index is 762. The van der Waals surface area contributed by atoms with Gasteiger partial charge in [0.05, 0.1) is 11.3 Å². The molecule has 122 valence electrons. The summed E-state index contributed by atoms with van der Waals surface area (Å²) in [6.45, 7) is 0.0524. The predicted molar refractivity (Wildman–Crippen MR) is 78.8 cm³/mol. The van der Waals surface area contributed by atoms with E-state index in [1.807, 2.05) is 0 Å². The minimum absolute atomic E-state index is 0.0524. The molecule has 0 aromatic heterocycles. The quantitative estimate of drug-likeness (QED) is 0.240. The van der Waals surface area contributed by atoms with Crippen LogP contribution < -0.4 is 10.6 Å². The number of nitrogens with one attached hydrogen (secondary N) is 2. The monoisotopic (exact) mass is 339 g/mol. The van der Waals surface area contributed by atoms with Gasteiger partial charge in [-0.25, -0.2) is 0 Å². The second kappa shape index (κ2) is 7.92. The number of nitriles is 1. The van der Waals surface area contributed by atoms with Crippen LogP contribution in [-0.2, 0) is 19.7 Å². The summed E-state index contributed by atoms with van der Waals surface area (Å²) in [6, 6.07) is 6.32. The number of hydrogen-bond donors (Lipinski definition) is 4. The van der Waals surface area contributed by atoms with Gasteiger partial charge in [-0.1, -0.05) is 0 Å². The van der Waals surface area contributed by atoms with Gasteiger partial charge in [0.25, 0.3) is 16.0 Å². The van der Waals surface area contributed by atoms with Crippen molar-refractivity contribution in [3.05, 3.63) is 36.0 Å². The number of carbonyl (C=O) groups is 2. The lowest BCUT2D eigenvalue weighted by molar-refractivity contribution is -0.136. The third-order valence-corrected chi connectivity index (χ3v) is 3.37. The van der Waals surface area contributed by atoms with Gasteiger partial charge in [-0.05, 0) is 24.3 Å². The topological polar surface area (TPSA) is 157 Å². The average molecular weight is 339 g/mol. The molecule has 0 aliphatic heterocycles. The maximum atomic E-state index is 11.8. The van der Waals surface area contributed by atoms with Crippen LogP contribution in [0.5, 0.6) is 0 Å². The molecule has 0 bridgehead atoms. The van der Waals surface area contributed by atoms with E-state index in [0.29, 0.717) is 0 Å². The van der Waals surface area contributed by atoms with Crippen molar-refractivity contribution in [2.45, 2.75) is 11.3 Å². The van der Waals surface area contributed by atoms with Gasteiger partial charge < -0.3 is 15.7 Å². The summed E-state index contributed by atoms with van der Waals surface area (Å²) < 4.78 is 30.6. The Labute approximate surface area is 132 Å². The zero-order valence-electron chi connectivity index (χ0n) is 11.7. The van der Waals surface area contributed by atoms with Gasteiger partial charge in [-0.15, -0.1) is 0 Å². The second-order valence-electron chi connectivity index (χ2n) is 4.22. The number of nitrogens with zero attached hydrogens (tertiary/aromatic N) is 1. The smallest absolute Gasteiger partial charge is 0.305 e. The summed E-state index contributed by atoms with van der Waals surface area (Å²) in [5, 5.41) is 22.2. The van der Waals surface area contributed by atoms with Crippen LogP contribution >= 0.6 is 0 Å². The number of rotatable bonds is 7. The molecule has 0 unspecified atom stereocenters. The Kier molecular flexibility index (Phi) is 6.25. The van der Waals surface area contributed by atoms with Gasteiger partial charge in [0, 0.05) is 18.4 Å². The molecule has 1 rings (SSSR count). The number of benzene rings is 1. The van der Waals surface area contributed by atoms with Gasteiger partial charge >= 0.3 is 5.97 Å². The van der Waals surface area contributed by atoms with Gasteiger partial charge in [0.2, 0.25) is 0 Å². The summed E-state index contributed by atoms with van der Waals surface area (Å²) in [4.78, 5) is 21.8. The molecule has 1 amide bonds. The zero-order valence-corrected chi connectivity index (χ0v) is 12.5. The summed E-state index contributed by atoms with van der Waals surface area (Å²) >= 11 is 0. The molecule has 0 atom stereocenters. The van der Waals surface area contributed by atoms with E-state index in [0.717, 1.165) is 18.3 Å². The molecular formula is C13H13N3O6S. The summed E-state index contributed by atoms with van der Waals surface area (Å²) in [6.07, 6.45) is 0.915. The van der Waals surface area contributed by atoms with Crippen molar-refractivity contribution in [3.8, 4) is 6.07 Å². The highest BCUT2D eigenvalue weighted by Gasteiger charge is 2.11. The number of carboxylic acid groups (broad SMARTS) is 1. The number of carboxylic acids is 1. The van der Waals surface area contributed by atoms with Crippen molar-refractivity contribution in [2.75, 3.05) is 11.9 Å². The maximum Gasteiger partial charge on any atom is 0.305 e. The molecule has 0 radical (unpaired) electrons. The fraction of sp³-hybridized carbons (Fsp3) is 0.154. The highest BCUT2D eigenvalue weighted by molar-refractivity contribution is 7.85. The van der Waals surface area contributed by atoms with E-state index in [-0.39, 0.29) is 29.1 Å². The van der Waals surface area contributed by atoms with Crippen molar-refractivity contribution < 1.29 is 27.7 Å². The van der Waals surface area contributed by atoms with E-state index in [4.69, 9.17) is 14.9 Å². The van der Waals surface area contributed by atoms with Crippen LogP contribution in [0, 0.1) is 11.3 Å². The third kappa shape index (κ3) is 6.16. The fourth-order valence-corrected chi connectivity index (χ4v) is 1.89. The van der Waals surface area contributed by atoms with Crippen molar-refractivity contribution >= 4 is 27.7 Å². The van der Waals surface area contributed by atoms with Crippen LogP contribution in [0.15, 0.2) is 40.9 Å². The average Bonchev–Trinajstić information content (AvgIpc) is 2.46. The number of carbonyl (C=O) groups excluding carboxylic acids is 1. The van der Waals surface area contributed by atoms with Gasteiger partial charge in [0.15, 0.2) is 0 Å². The fourth-order valence-electron chi connectivity index (χ4n) is 1.41. The largest absolute Gasteiger partial charge is 0.481 e. The van der Waals surface area contributed by atoms with Crippen LogP contribution in [0.25, 0.3) is 0 Å². The SMILES string of the molecule is N#C/C(=C/NCCC(=O)O)C(=O)Nc1ccc(S(=O)(=O)O)cc1. The minimum Gasteiger partial charge on any atom is -0.481 e. The number of anilines is 1. The first kappa shape index (κ1) is 18.1. The Hall–Kier alpha value is -2.90. The minimum atomic E-state index is -4.33. The molecule has 0 spiro atoms. The van der Waals surface area contributed by atoms with E-state index < -0.39 is 22.0 Å². The van der Waals surface area contributed by atoms with E-state index in [9.17, 15) is 18.0 Å². The van der Waals surface area contributed by atoms with Crippen molar-refractivity contribution in [3.63, 3.8) is 0 Å². The normalized spacial score (nSPS) is 11.4. The standard InChI is InChI=1S/C13H13N3O6S/c14-7-9(8-15-6-5-12(17)18)13(19)16-10-1-3-11(4-2-10)23(20,21)22/h1-4,8,15H,5-6H2,(H,16,19)(H,17,18)(H,20,21,22)/b9-8-. The second-order valence-corrected chi connectivity index (χ2v) is 5.64. The maximum absolute atomic E-state index is 11.8. The van der Waals surface area contributed by atoms with Crippen molar-refractivity contribution in [1.82, 2.24) is 5.32 Å². The first-order valence-corrected chi connectivity index (χ1v) is 7.62. The summed E-state index contributed by atoms with van der Waals surface area (Å²) in [5.74, 6) is -1.78. The van der Waals surface area contributed by atoms with Crippen LogP contribution in [-0.4, -0.2) is 36.5 Å². The Morgan fingerprint density at radius 3 is 2.35 bits per heavy atom. The van der Waals surface area contributed by atoms with E-state index in [2.05, 4.69) is 10.6 Å². The van der Waals surface area contributed by atoms with E-state index in [1.165, 1.54) is 12.1 Å². The zero-order chi connectivity index (χ0) is 17.5. The number of hydrogen-bond acceptors (Lipinski definition) is 6. The predicted octanol–water partition coefficient (Wildman–Crippen LogP) is 0.344. The molecule has 0 saturated carbocycles. The highest BCUT2D eigenvalue weighted by Crippen LogP contribution is 2.14.